The van der Waals surface area contributed by atoms with Crippen LogP contribution in [0.4, 0.5) is 0 Å². The van der Waals surface area contributed by atoms with E-state index in [4.69, 9.17) is 4.74 Å². The zero-order valence-corrected chi connectivity index (χ0v) is 11.1. The lowest BCUT2D eigenvalue weighted by molar-refractivity contribution is 0.0844. The number of hydrogen-bond acceptors (Lipinski definition) is 4. The van der Waals surface area contributed by atoms with E-state index in [0.29, 0.717) is 12.0 Å². The molecule has 2 aliphatic rings. The van der Waals surface area contributed by atoms with Crippen LogP contribution >= 0.6 is 0 Å². The van der Waals surface area contributed by atoms with E-state index in [1.807, 2.05) is 0 Å². The predicted octanol–water partition coefficient (Wildman–Crippen LogP) is 0.458. The summed E-state index contributed by atoms with van der Waals surface area (Å²) in [4.78, 5) is 2.27. The molecule has 0 aliphatic heterocycles. The number of nitrogens with zero attached hydrogens (tertiary/aromatic N) is 1. The molecule has 2 fully saturated rings. The van der Waals surface area contributed by atoms with Crippen LogP contribution in [0.5, 0.6) is 0 Å². The highest BCUT2D eigenvalue weighted by Crippen LogP contribution is 2.41. The van der Waals surface area contributed by atoms with Crippen LogP contribution in [0.25, 0.3) is 0 Å². The smallest absolute Gasteiger partial charge is 0.0628 e. The molecule has 2 aliphatic carbocycles. The Morgan fingerprint density at radius 1 is 1.35 bits per heavy atom. The van der Waals surface area contributed by atoms with Gasteiger partial charge in [-0.05, 0) is 38.6 Å². The molecule has 0 heterocycles. The van der Waals surface area contributed by atoms with Crippen molar-refractivity contribution in [1.82, 2.24) is 10.2 Å². The Balaban J connectivity index is 1.88. The van der Waals surface area contributed by atoms with Crippen LogP contribution in [0.1, 0.15) is 25.7 Å². The maximum atomic E-state index is 9.82. The van der Waals surface area contributed by atoms with E-state index in [0.717, 1.165) is 19.7 Å². The number of hydrogen-bond donors (Lipinski definition) is 2. The molecule has 0 amide bonds. The Bertz CT molecular complexity index is 242. The fraction of sp³-hybridized carbons (Fsp3) is 1.00. The molecule has 2 N–H and O–H groups in total. The third kappa shape index (κ3) is 3.65. The normalized spacial score (nSPS) is 24.0. The average Bonchev–Trinajstić information content (AvgIpc) is 3.15. The molecule has 0 spiro atoms. The SMILES string of the molecule is COCCN(C)CC(CO)(NC1CC1)C1CC1. The molecule has 2 rings (SSSR count). The fourth-order valence-electron chi connectivity index (χ4n) is 2.60. The van der Waals surface area contributed by atoms with Gasteiger partial charge in [0, 0.05) is 26.2 Å². The van der Waals surface area contributed by atoms with Gasteiger partial charge in [-0.1, -0.05) is 0 Å². The van der Waals surface area contributed by atoms with Crippen molar-refractivity contribution >= 4 is 0 Å². The highest BCUT2D eigenvalue weighted by atomic mass is 16.5. The number of rotatable bonds is 9. The Morgan fingerprint density at radius 2 is 2.06 bits per heavy atom. The van der Waals surface area contributed by atoms with E-state index >= 15 is 0 Å². The number of aliphatic hydroxyl groups is 1. The molecule has 0 aromatic rings. The maximum Gasteiger partial charge on any atom is 0.0628 e. The molecule has 1 atom stereocenters. The van der Waals surface area contributed by atoms with Crippen molar-refractivity contribution in [2.45, 2.75) is 37.3 Å². The van der Waals surface area contributed by atoms with E-state index in [1.165, 1.54) is 25.7 Å². The lowest BCUT2D eigenvalue weighted by Crippen LogP contribution is -2.58. The van der Waals surface area contributed by atoms with E-state index < -0.39 is 0 Å². The van der Waals surface area contributed by atoms with Crippen LogP contribution in [-0.4, -0.2) is 62.0 Å². The summed E-state index contributed by atoms with van der Waals surface area (Å²) in [6.07, 6.45) is 5.07. The van der Waals surface area contributed by atoms with Crippen molar-refractivity contribution in [2.75, 3.05) is 40.5 Å². The lowest BCUT2D eigenvalue weighted by atomic mass is 9.93. The summed E-state index contributed by atoms with van der Waals surface area (Å²) in [7, 11) is 3.84. The summed E-state index contributed by atoms with van der Waals surface area (Å²) in [5.41, 5.74) is -0.0658. The number of aliphatic hydroxyl groups excluding tert-OH is 1. The lowest BCUT2D eigenvalue weighted by Gasteiger charge is -2.37. The van der Waals surface area contributed by atoms with Gasteiger partial charge in [0.25, 0.3) is 0 Å². The molecule has 17 heavy (non-hydrogen) atoms. The quantitative estimate of drug-likeness (QED) is 0.616. The van der Waals surface area contributed by atoms with E-state index in [1.54, 1.807) is 7.11 Å². The molecular formula is C13H26N2O2. The minimum absolute atomic E-state index is 0.0658. The Hall–Kier alpha value is -0.160. The third-order valence-electron chi connectivity index (χ3n) is 3.94. The molecule has 0 aromatic carbocycles. The summed E-state index contributed by atoms with van der Waals surface area (Å²) in [6.45, 7) is 2.86. The molecule has 0 radical (unpaired) electrons. The molecule has 0 bridgehead atoms. The van der Waals surface area contributed by atoms with Gasteiger partial charge in [-0.25, -0.2) is 0 Å². The molecule has 4 nitrogen and oxygen atoms in total. The summed E-state index contributed by atoms with van der Waals surface area (Å²) in [6, 6.07) is 0.651. The van der Waals surface area contributed by atoms with Gasteiger partial charge >= 0.3 is 0 Å². The highest BCUT2D eigenvalue weighted by molar-refractivity contribution is 5.05. The first-order chi connectivity index (χ1) is 8.20. The Labute approximate surface area is 104 Å². The molecular weight excluding hydrogens is 216 g/mol. The number of nitrogens with one attached hydrogen (secondary N) is 1. The minimum Gasteiger partial charge on any atom is -0.394 e. The predicted molar refractivity (Wildman–Crippen MR) is 68.1 cm³/mol. The summed E-state index contributed by atoms with van der Waals surface area (Å²) in [5.74, 6) is 0.665. The van der Waals surface area contributed by atoms with E-state index in [-0.39, 0.29) is 12.1 Å². The molecule has 0 saturated heterocycles. The van der Waals surface area contributed by atoms with Crippen LogP contribution in [-0.2, 0) is 4.74 Å². The van der Waals surface area contributed by atoms with Gasteiger partial charge in [0.1, 0.15) is 0 Å². The minimum atomic E-state index is -0.0658. The van der Waals surface area contributed by atoms with Gasteiger partial charge in [0.15, 0.2) is 0 Å². The van der Waals surface area contributed by atoms with Crippen molar-refractivity contribution < 1.29 is 9.84 Å². The second-order valence-corrected chi connectivity index (χ2v) is 5.74. The van der Waals surface area contributed by atoms with Gasteiger partial charge < -0.3 is 20.1 Å². The summed E-state index contributed by atoms with van der Waals surface area (Å²) >= 11 is 0. The van der Waals surface area contributed by atoms with Gasteiger partial charge in [0.2, 0.25) is 0 Å². The van der Waals surface area contributed by atoms with Gasteiger partial charge in [-0.2, -0.15) is 0 Å². The zero-order chi connectivity index (χ0) is 12.3. The molecule has 0 aromatic heterocycles. The molecule has 2 saturated carbocycles. The second-order valence-electron chi connectivity index (χ2n) is 5.74. The maximum absolute atomic E-state index is 9.82. The van der Waals surface area contributed by atoms with Gasteiger partial charge in [0.05, 0.1) is 18.8 Å². The number of likely N-dealkylation sites (N-methyl/N-ethyl adjacent to an activating group) is 1. The van der Waals surface area contributed by atoms with E-state index in [2.05, 4.69) is 17.3 Å². The van der Waals surface area contributed by atoms with Crippen molar-refractivity contribution in [3.8, 4) is 0 Å². The first-order valence-corrected chi connectivity index (χ1v) is 6.76. The third-order valence-corrected chi connectivity index (χ3v) is 3.94. The largest absolute Gasteiger partial charge is 0.394 e. The monoisotopic (exact) mass is 242 g/mol. The van der Waals surface area contributed by atoms with E-state index in [9.17, 15) is 5.11 Å². The van der Waals surface area contributed by atoms with Gasteiger partial charge in [-0.15, -0.1) is 0 Å². The van der Waals surface area contributed by atoms with Crippen LogP contribution in [0.3, 0.4) is 0 Å². The summed E-state index contributed by atoms with van der Waals surface area (Å²) in [5, 5.41) is 13.5. The molecule has 1 unspecified atom stereocenters. The summed E-state index contributed by atoms with van der Waals surface area (Å²) < 4.78 is 5.11. The topological polar surface area (TPSA) is 44.7 Å². The van der Waals surface area contributed by atoms with Crippen molar-refractivity contribution in [3.63, 3.8) is 0 Å². The Morgan fingerprint density at radius 3 is 2.53 bits per heavy atom. The second kappa shape index (κ2) is 5.65. The fourth-order valence-corrected chi connectivity index (χ4v) is 2.60. The molecule has 100 valence electrons. The van der Waals surface area contributed by atoms with Crippen LogP contribution in [0, 0.1) is 5.92 Å². The van der Waals surface area contributed by atoms with Crippen molar-refractivity contribution in [3.05, 3.63) is 0 Å². The van der Waals surface area contributed by atoms with Crippen LogP contribution in [0.2, 0.25) is 0 Å². The van der Waals surface area contributed by atoms with Crippen molar-refractivity contribution in [1.29, 1.82) is 0 Å². The average molecular weight is 242 g/mol. The van der Waals surface area contributed by atoms with Gasteiger partial charge in [-0.3, -0.25) is 0 Å². The highest BCUT2D eigenvalue weighted by Gasteiger charge is 2.47. The van der Waals surface area contributed by atoms with Crippen LogP contribution in [0.15, 0.2) is 0 Å². The first kappa shape index (κ1) is 13.3. The number of methoxy groups -OCH3 is 1. The van der Waals surface area contributed by atoms with Crippen molar-refractivity contribution in [2.24, 2.45) is 5.92 Å². The van der Waals surface area contributed by atoms with Crippen LogP contribution < -0.4 is 5.32 Å². The number of ether oxygens (including phenoxy) is 1. The first-order valence-electron chi connectivity index (χ1n) is 6.76. The molecule has 4 heteroatoms. The Kier molecular flexibility index (Phi) is 4.42. The zero-order valence-electron chi connectivity index (χ0n) is 11.1. The standard InChI is InChI=1S/C13H26N2O2/c1-15(7-8-17-2)9-13(10-16,11-3-4-11)14-12-5-6-12/h11-12,14,16H,3-10H2,1-2H3.